The first kappa shape index (κ1) is 14.2. The van der Waals surface area contributed by atoms with E-state index in [1.54, 1.807) is 4.68 Å². The van der Waals surface area contributed by atoms with E-state index in [9.17, 15) is 4.79 Å². The molecule has 0 aliphatic carbocycles. The first-order chi connectivity index (χ1) is 9.79. The van der Waals surface area contributed by atoms with Crippen molar-refractivity contribution in [3.8, 4) is 5.69 Å². The molecule has 1 heterocycles. The van der Waals surface area contributed by atoms with Gasteiger partial charge in [-0.1, -0.05) is 32.3 Å². The quantitative estimate of drug-likeness (QED) is 0.787. The van der Waals surface area contributed by atoms with Gasteiger partial charge < -0.3 is 5.32 Å². The molecule has 0 spiro atoms. The maximum Gasteiger partial charge on any atom is 0.224 e. The number of carbonyl (C=O) groups excluding carboxylic acids is 1. The summed E-state index contributed by atoms with van der Waals surface area (Å²) in [4.78, 5) is 11.8. The van der Waals surface area contributed by atoms with Crippen molar-refractivity contribution >= 4 is 11.6 Å². The molecule has 1 aromatic carbocycles. The topological polar surface area (TPSA) is 72.7 Å². The summed E-state index contributed by atoms with van der Waals surface area (Å²) in [6, 6.07) is 7.45. The fraction of sp³-hybridized carbons (Fsp3) is 0.429. The summed E-state index contributed by atoms with van der Waals surface area (Å²) in [7, 11) is 0. The molecule has 106 valence electrons. The van der Waals surface area contributed by atoms with E-state index < -0.39 is 0 Å². The Kier molecular flexibility index (Phi) is 5.23. The number of unbranched alkanes of at least 4 members (excludes halogenated alkanes) is 3. The molecule has 0 saturated carbocycles. The van der Waals surface area contributed by atoms with E-state index in [1.165, 1.54) is 19.2 Å². The van der Waals surface area contributed by atoms with Crippen molar-refractivity contribution < 1.29 is 4.79 Å². The van der Waals surface area contributed by atoms with Crippen molar-refractivity contribution in [3.05, 3.63) is 30.6 Å². The van der Waals surface area contributed by atoms with Crippen LogP contribution in [0.4, 0.5) is 5.69 Å². The number of nitrogens with zero attached hydrogens (tertiary/aromatic N) is 4. The summed E-state index contributed by atoms with van der Waals surface area (Å²) in [5.41, 5.74) is 1.58. The largest absolute Gasteiger partial charge is 0.326 e. The predicted octanol–water partition coefficient (Wildman–Crippen LogP) is 2.57. The lowest BCUT2D eigenvalue weighted by Crippen LogP contribution is -2.11. The number of nitrogens with one attached hydrogen (secondary N) is 1. The van der Waals surface area contributed by atoms with Crippen LogP contribution in [-0.4, -0.2) is 26.1 Å². The molecule has 1 amide bonds. The van der Waals surface area contributed by atoms with E-state index in [2.05, 4.69) is 27.8 Å². The van der Waals surface area contributed by atoms with Gasteiger partial charge in [0.05, 0.1) is 5.69 Å². The van der Waals surface area contributed by atoms with Crippen molar-refractivity contribution in [2.45, 2.75) is 39.0 Å². The summed E-state index contributed by atoms with van der Waals surface area (Å²) >= 11 is 0. The number of rotatable bonds is 7. The van der Waals surface area contributed by atoms with Crippen LogP contribution in [-0.2, 0) is 4.79 Å². The van der Waals surface area contributed by atoms with Crippen LogP contribution in [0, 0.1) is 0 Å². The highest BCUT2D eigenvalue weighted by molar-refractivity contribution is 5.90. The SMILES string of the molecule is CCCCCCC(=O)Nc1cccc(-n2cnnn2)c1. The Morgan fingerprint density at radius 1 is 1.30 bits per heavy atom. The van der Waals surface area contributed by atoms with Gasteiger partial charge in [0.15, 0.2) is 0 Å². The molecule has 0 bridgehead atoms. The van der Waals surface area contributed by atoms with Crippen molar-refractivity contribution in [1.29, 1.82) is 0 Å². The van der Waals surface area contributed by atoms with Crippen LogP contribution in [0.15, 0.2) is 30.6 Å². The molecule has 0 saturated heterocycles. The summed E-state index contributed by atoms with van der Waals surface area (Å²) in [6.07, 6.45) is 6.49. The van der Waals surface area contributed by atoms with Crippen molar-refractivity contribution in [2.75, 3.05) is 5.32 Å². The van der Waals surface area contributed by atoms with Crippen molar-refractivity contribution in [2.24, 2.45) is 0 Å². The van der Waals surface area contributed by atoms with E-state index in [0.717, 1.165) is 24.2 Å². The van der Waals surface area contributed by atoms with Gasteiger partial charge in [-0.05, 0) is 35.0 Å². The molecule has 0 fully saturated rings. The minimum atomic E-state index is 0.0509. The third-order valence-corrected chi connectivity index (χ3v) is 3.00. The molecule has 2 aromatic rings. The van der Waals surface area contributed by atoms with Crippen LogP contribution in [0.5, 0.6) is 0 Å². The molecule has 20 heavy (non-hydrogen) atoms. The number of tetrazole rings is 1. The Morgan fingerprint density at radius 3 is 2.95 bits per heavy atom. The summed E-state index contributed by atoms with van der Waals surface area (Å²) < 4.78 is 1.55. The minimum absolute atomic E-state index is 0.0509. The molecule has 6 heteroatoms. The van der Waals surface area contributed by atoms with Crippen molar-refractivity contribution in [1.82, 2.24) is 20.2 Å². The predicted molar refractivity (Wildman–Crippen MR) is 76.5 cm³/mol. The molecular weight excluding hydrogens is 254 g/mol. The monoisotopic (exact) mass is 273 g/mol. The van der Waals surface area contributed by atoms with Gasteiger partial charge in [0.2, 0.25) is 5.91 Å². The molecule has 0 aliphatic heterocycles. The highest BCUT2D eigenvalue weighted by atomic mass is 16.1. The van der Waals surface area contributed by atoms with Gasteiger partial charge in [-0.3, -0.25) is 4.79 Å². The third-order valence-electron chi connectivity index (χ3n) is 3.00. The first-order valence-electron chi connectivity index (χ1n) is 6.93. The van der Waals surface area contributed by atoms with Crippen LogP contribution < -0.4 is 5.32 Å². The van der Waals surface area contributed by atoms with E-state index in [4.69, 9.17) is 0 Å². The summed E-state index contributed by atoms with van der Waals surface area (Å²) in [5.74, 6) is 0.0509. The number of amides is 1. The highest BCUT2D eigenvalue weighted by Crippen LogP contribution is 2.14. The summed E-state index contributed by atoms with van der Waals surface area (Å²) in [5, 5.41) is 13.9. The number of benzene rings is 1. The minimum Gasteiger partial charge on any atom is -0.326 e. The normalized spacial score (nSPS) is 10.4. The number of hydrogen-bond donors (Lipinski definition) is 1. The van der Waals surface area contributed by atoms with Crippen molar-refractivity contribution in [3.63, 3.8) is 0 Å². The van der Waals surface area contributed by atoms with Gasteiger partial charge >= 0.3 is 0 Å². The fourth-order valence-electron chi connectivity index (χ4n) is 1.94. The van der Waals surface area contributed by atoms with Crippen LogP contribution in [0.25, 0.3) is 5.69 Å². The standard InChI is InChI=1S/C14H19N5O/c1-2-3-4-5-9-14(20)16-12-7-6-8-13(10-12)19-11-15-17-18-19/h6-8,10-11H,2-5,9H2,1H3,(H,16,20). The molecule has 1 aromatic heterocycles. The Morgan fingerprint density at radius 2 is 2.20 bits per heavy atom. The zero-order chi connectivity index (χ0) is 14.2. The maximum atomic E-state index is 11.8. The molecule has 2 rings (SSSR count). The van der Waals surface area contributed by atoms with Gasteiger partial charge in [0, 0.05) is 12.1 Å². The molecule has 0 aliphatic rings. The van der Waals surface area contributed by atoms with Gasteiger partial charge in [0.1, 0.15) is 6.33 Å². The second-order valence-corrected chi connectivity index (χ2v) is 4.66. The zero-order valence-electron chi connectivity index (χ0n) is 11.6. The van der Waals surface area contributed by atoms with Gasteiger partial charge in [-0.25, -0.2) is 4.68 Å². The van der Waals surface area contributed by atoms with Crippen LogP contribution in [0.3, 0.4) is 0 Å². The average molecular weight is 273 g/mol. The van der Waals surface area contributed by atoms with Gasteiger partial charge in [-0.2, -0.15) is 0 Å². The van der Waals surface area contributed by atoms with E-state index in [1.807, 2.05) is 24.3 Å². The van der Waals surface area contributed by atoms with E-state index in [-0.39, 0.29) is 5.91 Å². The lowest BCUT2D eigenvalue weighted by atomic mass is 10.1. The lowest BCUT2D eigenvalue weighted by Gasteiger charge is -2.07. The van der Waals surface area contributed by atoms with E-state index in [0.29, 0.717) is 6.42 Å². The Bertz CT molecular complexity index is 538. The zero-order valence-corrected chi connectivity index (χ0v) is 11.6. The molecule has 0 atom stereocenters. The molecule has 0 radical (unpaired) electrons. The molecule has 1 N–H and O–H groups in total. The number of anilines is 1. The van der Waals surface area contributed by atoms with Gasteiger partial charge in [-0.15, -0.1) is 5.10 Å². The maximum absolute atomic E-state index is 11.8. The second-order valence-electron chi connectivity index (χ2n) is 4.66. The molecule has 6 nitrogen and oxygen atoms in total. The lowest BCUT2D eigenvalue weighted by molar-refractivity contribution is -0.116. The van der Waals surface area contributed by atoms with Gasteiger partial charge in [0.25, 0.3) is 0 Å². The number of carbonyl (C=O) groups is 1. The van der Waals surface area contributed by atoms with Crippen LogP contribution in [0.1, 0.15) is 39.0 Å². The molecule has 0 unspecified atom stereocenters. The fourth-order valence-corrected chi connectivity index (χ4v) is 1.94. The van der Waals surface area contributed by atoms with Crippen LogP contribution >= 0.6 is 0 Å². The second kappa shape index (κ2) is 7.37. The Hall–Kier alpha value is -2.24. The van der Waals surface area contributed by atoms with Crippen LogP contribution in [0.2, 0.25) is 0 Å². The summed E-state index contributed by atoms with van der Waals surface area (Å²) in [6.45, 7) is 2.16. The number of hydrogen-bond acceptors (Lipinski definition) is 4. The Balaban J connectivity index is 1.90. The third kappa shape index (κ3) is 4.15. The first-order valence-corrected chi connectivity index (χ1v) is 6.93. The molecular formula is C14H19N5O. The van der Waals surface area contributed by atoms with E-state index >= 15 is 0 Å². The smallest absolute Gasteiger partial charge is 0.224 e. The highest BCUT2D eigenvalue weighted by Gasteiger charge is 2.04. The average Bonchev–Trinajstić information content (AvgIpc) is 2.98. The number of aromatic nitrogens is 4. The Labute approximate surface area is 118 Å².